The van der Waals surface area contributed by atoms with Gasteiger partial charge in [0.05, 0.1) is 18.6 Å². The van der Waals surface area contributed by atoms with Gasteiger partial charge in [-0.15, -0.1) is 0 Å². The van der Waals surface area contributed by atoms with Crippen molar-refractivity contribution in [2.24, 2.45) is 0 Å². The van der Waals surface area contributed by atoms with E-state index in [0.717, 1.165) is 24.8 Å². The Morgan fingerprint density at radius 1 is 1.69 bits per heavy atom. The molecule has 2 nitrogen and oxygen atoms in total. The van der Waals surface area contributed by atoms with Crippen molar-refractivity contribution in [3.63, 3.8) is 0 Å². The van der Waals surface area contributed by atoms with Crippen molar-refractivity contribution in [2.75, 3.05) is 0 Å². The molecule has 0 aliphatic heterocycles. The lowest BCUT2D eigenvalue weighted by Crippen LogP contribution is -2.07. The Kier molecular flexibility index (Phi) is 3.77. The van der Waals surface area contributed by atoms with E-state index in [2.05, 4.69) is 6.58 Å². The monoisotopic (exact) mass is 180 g/mol. The SMILES string of the molecule is C=C(C)C(O)CCCc1ccoc1. The highest BCUT2D eigenvalue weighted by molar-refractivity contribution is 5.05. The smallest absolute Gasteiger partial charge is 0.0934 e. The van der Waals surface area contributed by atoms with Crippen LogP contribution in [0.25, 0.3) is 0 Å². The first-order chi connectivity index (χ1) is 6.20. The Balaban J connectivity index is 2.18. The summed E-state index contributed by atoms with van der Waals surface area (Å²) in [6.45, 7) is 5.55. The summed E-state index contributed by atoms with van der Waals surface area (Å²) in [6, 6.07) is 1.95. The maximum Gasteiger partial charge on any atom is 0.0934 e. The Hall–Kier alpha value is -1.02. The van der Waals surface area contributed by atoms with Crippen molar-refractivity contribution in [1.82, 2.24) is 0 Å². The zero-order chi connectivity index (χ0) is 9.68. The van der Waals surface area contributed by atoms with E-state index >= 15 is 0 Å². The summed E-state index contributed by atoms with van der Waals surface area (Å²) in [6.07, 6.45) is 5.76. The average Bonchev–Trinajstić information content (AvgIpc) is 2.56. The summed E-state index contributed by atoms with van der Waals surface area (Å²) >= 11 is 0. The van der Waals surface area contributed by atoms with E-state index in [0.29, 0.717) is 0 Å². The maximum atomic E-state index is 9.43. The van der Waals surface area contributed by atoms with Crippen LogP contribution in [-0.4, -0.2) is 11.2 Å². The molecule has 0 saturated heterocycles. The van der Waals surface area contributed by atoms with E-state index in [9.17, 15) is 5.11 Å². The van der Waals surface area contributed by atoms with Crippen molar-refractivity contribution < 1.29 is 9.52 Å². The lowest BCUT2D eigenvalue weighted by molar-refractivity contribution is 0.198. The zero-order valence-corrected chi connectivity index (χ0v) is 7.99. The quantitative estimate of drug-likeness (QED) is 0.706. The first-order valence-corrected chi connectivity index (χ1v) is 4.54. The number of hydrogen-bond donors (Lipinski definition) is 1. The van der Waals surface area contributed by atoms with Gasteiger partial charge in [-0.05, 0) is 37.8 Å². The van der Waals surface area contributed by atoms with Crippen molar-refractivity contribution in [2.45, 2.75) is 32.3 Å². The molecule has 0 spiro atoms. The van der Waals surface area contributed by atoms with Crippen LogP contribution in [0.2, 0.25) is 0 Å². The molecule has 13 heavy (non-hydrogen) atoms. The summed E-state index contributed by atoms with van der Waals surface area (Å²) in [5, 5.41) is 9.43. The van der Waals surface area contributed by atoms with Gasteiger partial charge in [-0.25, -0.2) is 0 Å². The molecule has 0 aromatic carbocycles. The molecule has 2 heteroatoms. The largest absolute Gasteiger partial charge is 0.472 e. The highest BCUT2D eigenvalue weighted by Gasteiger charge is 2.04. The van der Waals surface area contributed by atoms with Crippen LogP contribution in [-0.2, 0) is 6.42 Å². The van der Waals surface area contributed by atoms with Gasteiger partial charge >= 0.3 is 0 Å². The van der Waals surface area contributed by atoms with Crippen molar-refractivity contribution in [1.29, 1.82) is 0 Å². The fraction of sp³-hybridized carbons (Fsp3) is 0.455. The van der Waals surface area contributed by atoms with Gasteiger partial charge in [-0.3, -0.25) is 0 Å². The molecule has 1 aromatic rings. The van der Waals surface area contributed by atoms with Crippen LogP contribution in [0.1, 0.15) is 25.3 Å². The van der Waals surface area contributed by atoms with Gasteiger partial charge in [-0.2, -0.15) is 0 Å². The molecule has 0 bridgehead atoms. The molecule has 1 aromatic heterocycles. The van der Waals surface area contributed by atoms with Crippen molar-refractivity contribution in [3.8, 4) is 0 Å². The molecular formula is C11H16O2. The van der Waals surface area contributed by atoms with Gasteiger partial charge in [-0.1, -0.05) is 12.2 Å². The maximum absolute atomic E-state index is 9.43. The van der Waals surface area contributed by atoms with E-state index in [4.69, 9.17) is 4.42 Å². The van der Waals surface area contributed by atoms with E-state index in [1.165, 1.54) is 5.56 Å². The van der Waals surface area contributed by atoms with Crippen molar-refractivity contribution in [3.05, 3.63) is 36.3 Å². The van der Waals surface area contributed by atoms with E-state index in [1.807, 2.05) is 13.0 Å². The molecule has 0 aliphatic carbocycles. The molecule has 0 radical (unpaired) electrons. The third kappa shape index (κ3) is 3.47. The second kappa shape index (κ2) is 4.87. The average molecular weight is 180 g/mol. The van der Waals surface area contributed by atoms with E-state index < -0.39 is 0 Å². The van der Waals surface area contributed by atoms with Gasteiger partial charge in [0, 0.05) is 0 Å². The molecule has 1 heterocycles. The molecule has 1 unspecified atom stereocenters. The number of aliphatic hydroxyl groups excluding tert-OH is 1. The van der Waals surface area contributed by atoms with Crippen molar-refractivity contribution >= 4 is 0 Å². The topological polar surface area (TPSA) is 33.4 Å². The van der Waals surface area contributed by atoms with Crippen LogP contribution in [0.15, 0.2) is 35.2 Å². The molecule has 0 fully saturated rings. The second-order valence-electron chi connectivity index (χ2n) is 3.39. The molecule has 0 amide bonds. The van der Waals surface area contributed by atoms with E-state index in [-0.39, 0.29) is 6.10 Å². The summed E-state index contributed by atoms with van der Waals surface area (Å²) in [5.74, 6) is 0. The normalized spacial score (nSPS) is 12.8. The highest BCUT2D eigenvalue weighted by Crippen LogP contribution is 2.10. The molecule has 72 valence electrons. The fourth-order valence-corrected chi connectivity index (χ4v) is 1.18. The fourth-order valence-electron chi connectivity index (χ4n) is 1.18. The Labute approximate surface area is 78.9 Å². The Morgan fingerprint density at radius 3 is 3.00 bits per heavy atom. The van der Waals surface area contributed by atoms with Crippen LogP contribution in [0.5, 0.6) is 0 Å². The van der Waals surface area contributed by atoms with Gasteiger partial charge < -0.3 is 9.52 Å². The predicted molar refractivity (Wildman–Crippen MR) is 52.5 cm³/mol. The molecule has 1 N–H and O–H groups in total. The first-order valence-electron chi connectivity index (χ1n) is 4.54. The summed E-state index contributed by atoms with van der Waals surface area (Å²) in [5.41, 5.74) is 2.03. The molecule has 0 saturated carbocycles. The van der Waals surface area contributed by atoms with E-state index in [1.54, 1.807) is 12.5 Å². The van der Waals surface area contributed by atoms with Crippen LogP contribution >= 0.6 is 0 Å². The van der Waals surface area contributed by atoms with Crippen LogP contribution in [0, 0.1) is 0 Å². The highest BCUT2D eigenvalue weighted by atomic mass is 16.3. The third-order valence-electron chi connectivity index (χ3n) is 2.09. The molecule has 0 aliphatic rings. The Bertz CT molecular complexity index is 249. The van der Waals surface area contributed by atoms with Crippen LogP contribution < -0.4 is 0 Å². The lowest BCUT2D eigenvalue weighted by Gasteiger charge is -2.08. The number of aryl methyl sites for hydroxylation is 1. The summed E-state index contributed by atoms with van der Waals surface area (Å²) < 4.78 is 4.94. The van der Waals surface area contributed by atoms with Gasteiger partial charge in [0.25, 0.3) is 0 Å². The number of furan rings is 1. The molecular weight excluding hydrogens is 164 g/mol. The standard InChI is InChI=1S/C11H16O2/c1-9(2)11(12)5-3-4-10-6-7-13-8-10/h6-8,11-12H,1,3-5H2,2H3. The first kappa shape index (κ1) is 10.1. The number of aliphatic hydroxyl groups is 1. The minimum Gasteiger partial charge on any atom is -0.472 e. The third-order valence-corrected chi connectivity index (χ3v) is 2.09. The van der Waals surface area contributed by atoms with Crippen LogP contribution in [0.3, 0.4) is 0 Å². The summed E-state index contributed by atoms with van der Waals surface area (Å²) in [4.78, 5) is 0. The zero-order valence-electron chi connectivity index (χ0n) is 7.99. The summed E-state index contributed by atoms with van der Waals surface area (Å²) in [7, 11) is 0. The Morgan fingerprint density at radius 2 is 2.46 bits per heavy atom. The minimum absolute atomic E-state index is 0.355. The number of rotatable bonds is 5. The molecule has 1 atom stereocenters. The van der Waals surface area contributed by atoms with Gasteiger partial charge in [0.15, 0.2) is 0 Å². The number of hydrogen-bond acceptors (Lipinski definition) is 2. The van der Waals surface area contributed by atoms with Gasteiger partial charge in [0.1, 0.15) is 0 Å². The lowest BCUT2D eigenvalue weighted by atomic mass is 10.0. The van der Waals surface area contributed by atoms with Crippen LogP contribution in [0.4, 0.5) is 0 Å². The second-order valence-corrected chi connectivity index (χ2v) is 3.39. The molecule has 1 rings (SSSR count). The van der Waals surface area contributed by atoms with Gasteiger partial charge in [0.2, 0.25) is 0 Å². The predicted octanol–water partition coefficient (Wildman–Crippen LogP) is 2.54. The minimum atomic E-state index is -0.355.